The molecule has 21 heavy (non-hydrogen) atoms. The molecule has 3 rings (SSSR count). The number of nitrogens with zero attached hydrogens (tertiary/aromatic N) is 2. The highest BCUT2D eigenvalue weighted by Crippen LogP contribution is 2.21. The number of benzene rings is 2. The second-order valence-corrected chi connectivity index (χ2v) is 4.84. The van der Waals surface area contributed by atoms with Crippen LogP contribution in [0.3, 0.4) is 0 Å². The van der Waals surface area contributed by atoms with Gasteiger partial charge in [0.2, 0.25) is 0 Å². The summed E-state index contributed by atoms with van der Waals surface area (Å²) in [4.78, 5) is 8.95. The van der Waals surface area contributed by atoms with Crippen molar-refractivity contribution >= 4 is 16.7 Å². The van der Waals surface area contributed by atoms with Crippen LogP contribution in [0.25, 0.3) is 10.9 Å². The van der Waals surface area contributed by atoms with Crippen LogP contribution >= 0.6 is 0 Å². The first kappa shape index (κ1) is 13.4. The van der Waals surface area contributed by atoms with Gasteiger partial charge in [-0.05, 0) is 36.8 Å². The summed E-state index contributed by atoms with van der Waals surface area (Å²) >= 11 is 0. The van der Waals surface area contributed by atoms with Crippen molar-refractivity contribution < 1.29 is 4.74 Å². The first-order chi connectivity index (χ1) is 10.3. The summed E-state index contributed by atoms with van der Waals surface area (Å²) in [6, 6.07) is 16.0. The second kappa shape index (κ2) is 5.79. The zero-order valence-electron chi connectivity index (χ0n) is 12.1. The first-order valence-electron chi connectivity index (χ1n) is 6.86. The van der Waals surface area contributed by atoms with E-state index >= 15 is 0 Å². The van der Waals surface area contributed by atoms with Gasteiger partial charge in [0.1, 0.15) is 17.4 Å². The molecule has 106 valence electrons. The lowest BCUT2D eigenvalue weighted by molar-refractivity contribution is 0.414. The van der Waals surface area contributed by atoms with Gasteiger partial charge >= 0.3 is 0 Å². The fourth-order valence-electron chi connectivity index (χ4n) is 2.26. The Morgan fingerprint density at radius 3 is 2.52 bits per heavy atom. The highest BCUT2D eigenvalue weighted by atomic mass is 16.5. The second-order valence-electron chi connectivity index (χ2n) is 4.84. The number of methoxy groups -OCH3 is 1. The van der Waals surface area contributed by atoms with Crippen molar-refractivity contribution in [1.82, 2.24) is 9.97 Å². The van der Waals surface area contributed by atoms with E-state index in [1.165, 1.54) is 5.56 Å². The van der Waals surface area contributed by atoms with Gasteiger partial charge in [0, 0.05) is 11.9 Å². The molecule has 0 amide bonds. The lowest BCUT2D eigenvalue weighted by Gasteiger charge is -2.10. The van der Waals surface area contributed by atoms with Gasteiger partial charge in [-0.25, -0.2) is 9.97 Å². The molecule has 0 aliphatic rings. The van der Waals surface area contributed by atoms with Gasteiger partial charge < -0.3 is 10.1 Å². The van der Waals surface area contributed by atoms with E-state index in [0.29, 0.717) is 6.54 Å². The predicted octanol–water partition coefficient (Wildman–Crippen LogP) is 3.56. The highest BCUT2D eigenvalue weighted by molar-refractivity contribution is 5.88. The van der Waals surface area contributed by atoms with Crippen molar-refractivity contribution in [3.05, 3.63) is 59.9 Å². The van der Waals surface area contributed by atoms with Crippen LogP contribution in [0.1, 0.15) is 11.4 Å². The van der Waals surface area contributed by atoms with Gasteiger partial charge in [-0.15, -0.1) is 0 Å². The third-order valence-electron chi connectivity index (χ3n) is 3.33. The number of rotatable bonds is 4. The van der Waals surface area contributed by atoms with E-state index in [-0.39, 0.29) is 0 Å². The Balaban J connectivity index is 1.84. The third kappa shape index (κ3) is 2.94. The number of anilines is 1. The molecule has 0 bridgehead atoms. The molecule has 1 heterocycles. The van der Waals surface area contributed by atoms with Crippen LogP contribution in [-0.2, 0) is 6.54 Å². The number of ether oxygens (including phenoxy) is 1. The van der Waals surface area contributed by atoms with Crippen LogP contribution in [0.2, 0.25) is 0 Å². The number of aryl methyl sites for hydroxylation is 1. The van der Waals surface area contributed by atoms with Crippen molar-refractivity contribution in [2.24, 2.45) is 0 Å². The summed E-state index contributed by atoms with van der Waals surface area (Å²) in [5, 5.41) is 4.43. The van der Waals surface area contributed by atoms with E-state index < -0.39 is 0 Å². The number of fused-ring (bicyclic) bond motifs is 1. The van der Waals surface area contributed by atoms with E-state index in [4.69, 9.17) is 4.74 Å². The van der Waals surface area contributed by atoms with Gasteiger partial charge in [-0.2, -0.15) is 0 Å². The van der Waals surface area contributed by atoms with Gasteiger partial charge in [-0.1, -0.05) is 24.3 Å². The molecule has 0 atom stereocenters. The van der Waals surface area contributed by atoms with E-state index in [9.17, 15) is 0 Å². The van der Waals surface area contributed by atoms with Gasteiger partial charge in [0.15, 0.2) is 0 Å². The largest absolute Gasteiger partial charge is 0.497 e. The monoisotopic (exact) mass is 279 g/mol. The van der Waals surface area contributed by atoms with Gasteiger partial charge in [-0.3, -0.25) is 0 Å². The Labute approximate surface area is 123 Å². The van der Waals surface area contributed by atoms with Crippen LogP contribution in [0.4, 0.5) is 5.82 Å². The first-order valence-corrected chi connectivity index (χ1v) is 6.86. The molecule has 4 nitrogen and oxygen atoms in total. The quantitative estimate of drug-likeness (QED) is 0.793. The Morgan fingerprint density at radius 2 is 1.76 bits per heavy atom. The summed E-state index contributed by atoms with van der Waals surface area (Å²) in [6.07, 6.45) is 0. The molecule has 0 aliphatic heterocycles. The Kier molecular flexibility index (Phi) is 3.69. The molecule has 3 aromatic rings. The van der Waals surface area contributed by atoms with E-state index in [1.807, 2.05) is 55.5 Å². The maximum absolute atomic E-state index is 5.16. The van der Waals surface area contributed by atoms with Crippen LogP contribution in [0.15, 0.2) is 48.5 Å². The minimum Gasteiger partial charge on any atom is -0.497 e. The number of aromatic nitrogens is 2. The average Bonchev–Trinajstić information content (AvgIpc) is 2.53. The molecule has 0 fully saturated rings. The zero-order valence-corrected chi connectivity index (χ0v) is 12.1. The smallest absolute Gasteiger partial charge is 0.137 e. The highest BCUT2D eigenvalue weighted by Gasteiger charge is 2.05. The standard InChI is InChI=1S/C17H17N3O/c1-12-19-16-6-4-3-5-15(16)17(20-12)18-11-13-7-9-14(21-2)10-8-13/h3-10H,11H2,1-2H3,(H,18,19,20). The third-order valence-corrected chi connectivity index (χ3v) is 3.33. The summed E-state index contributed by atoms with van der Waals surface area (Å²) < 4.78 is 5.16. The zero-order chi connectivity index (χ0) is 14.7. The molecule has 0 saturated carbocycles. The lowest BCUT2D eigenvalue weighted by atomic mass is 10.2. The summed E-state index contributed by atoms with van der Waals surface area (Å²) in [5.41, 5.74) is 2.14. The topological polar surface area (TPSA) is 47.0 Å². The normalized spacial score (nSPS) is 10.6. The van der Waals surface area contributed by atoms with Crippen molar-refractivity contribution in [2.45, 2.75) is 13.5 Å². The number of nitrogens with one attached hydrogen (secondary N) is 1. The number of hydrogen-bond acceptors (Lipinski definition) is 4. The van der Waals surface area contributed by atoms with E-state index in [1.54, 1.807) is 7.11 Å². The minimum absolute atomic E-state index is 0.713. The van der Waals surface area contributed by atoms with Crippen LogP contribution in [0, 0.1) is 6.92 Å². The maximum atomic E-state index is 5.16. The van der Waals surface area contributed by atoms with Crippen molar-refractivity contribution in [1.29, 1.82) is 0 Å². The van der Waals surface area contributed by atoms with Crippen LogP contribution in [0.5, 0.6) is 5.75 Å². The number of hydrogen-bond donors (Lipinski definition) is 1. The fourth-order valence-corrected chi connectivity index (χ4v) is 2.26. The molecule has 0 aliphatic carbocycles. The van der Waals surface area contributed by atoms with Gasteiger partial charge in [0.25, 0.3) is 0 Å². The summed E-state index contributed by atoms with van der Waals surface area (Å²) in [5.74, 6) is 2.50. The predicted molar refractivity (Wildman–Crippen MR) is 84.6 cm³/mol. The molecular weight excluding hydrogens is 262 g/mol. The van der Waals surface area contributed by atoms with Crippen molar-refractivity contribution in [3.63, 3.8) is 0 Å². The fraction of sp³-hybridized carbons (Fsp3) is 0.176. The molecule has 1 N–H and O–H groups in total. The molecular formula is C17H17N3O. The van der Waals surface area contributed by atoms with Crippen molar-refractivity contribution in [3.8, 4) is 5.75 Å². The Morgan fingerprint density at radius 1 is 1.00 bits per heavy atom. The number of para-hydroxylation sites is 1. The summed E-state index contributed by atoms with van der Waals surface area (Å²) in [7, 11) is 1.67. The molecule has 2 aromatic carbocycles. The van der Waals surface area contributed by atoms with Crippen molar-refractivity contribution in [2.75, 3.05) is 12.4 Å². The molecule has 0 radical (unpaired) electrons. The Hall–Kier alpha value is -2.62. The van der Waals surface area contributed by atoms with E-state index in [2.05, 4.69) is 15.3 Å². The molecule has 1 aromatic heterocycles. The molecule has 0 unspecified atom stereocenters. The van der Waals surface area contributed by atoms with Crippen LogP contribution < -0.4 is 10.1 Å². The molecule has 0 saturated heterocycles. The van der Waals surface area contributed by atoms with Crippen LogP contribution in [-0.4, -0.2) is 17.1 Å². The Bertz CT molecular complexity index is 754. The maximum Gasteiger partial charge on any atom is 0.137 e. The minimum atomic E-state index is 0.713. The molecule has 0 spiro atoms. The SMILES string of the molecule is COc1ccc(CNc2nc(C)nc3ccccc23)cc1. The van der Waals surface area contributed by atoms with Gasteiger partial charge in [0.05, 0.1) is 12.6 Å². The lowest BCUT2D eigenvalue weighted by Crippen LogP contribution is -2.04. The molecule has 4 heteroatoms. The average molecular weight is 279 g/mol. The van der Waals surface area contributed by atoms with E-state index in [0.717, 1.165) is 28.3 Å². The summed E-state index contributed by atoms with van der Waals surface area (Å²) in [6.45, 7) is 2.62.